The van der Waals surface area contributed by atoms with Crippen LogP contribution >= 0.6 is 0 Å². The lowest BCUT2D eigenvalue weighted by Gasteiger charge is -2.24. The number of carbonyl (C=O) groups excluding carboxylic acids is 1. The van der Waals surface area contributed by atoms with Crippen LogP contribution < -0.4 is 5.73 Å². The van der Waals surface area contributed by atoms with Crippen molar-refractivity contribution < 1.29 is 24.2 Å². The van der Waals surface area contributed by atoms with Crippen LogP contribution in [0.15, 0.2) is 78.9 Å². The van der Waals surface area contributed by atoms with Crippen LogP contribution in [-0.2, 0) is 25.7 Å². The maximum absolute atomic E-state index is 12.7. The van der Waals surface area contributed by atoms with Crippen molar-refractivity contribution in [3.8, 4) is 11.1 Å². The van der Waals surface area contributed by atoms with E-state index in [0.717, 1.165) is 27.8 Å². The summed E-state index contributed by atoms with van der Waals surface area (Å²) in [6.45, 7) is -0.352. The molecule has 31 heavy (non-hydrogen) atoms. The van der Waals surface area contributed by atoms with Crippen molar-refractivity contribution in [2.24, 2.45) is 5.73 Å². The minimum atomic E-state index is -2.29. The number of hydrogen-bond acceptors (Lipinski definition) is 5. The Bertz CT molecular complexity index is 1050. The maximum atomic E-state index is 12.7. The third-order valence-electron chi connectivity index (χ3n) is 5.53. The molecule has 0 heterocycles. The second kappa shape index (κ2) is 8.71. The number of carbonyl (C=O) groups is 2. The van der Waals surface area contributed by atoms with E-state index in [1.807, 2.05) is 78.9 Å². The average molecular weight is 417 g/mol. The molecule has 4 rings (SSSR count). The van der Waals surface area contributed by atoms with Gasteiger partial charge in [0.15, 0.2) is 0 Å². The van der Waals surface area contributed by atoms with E-state index in [1.54, 1.807) is 0 Å². The molecule has 0 amide bonds. The molecule has 3 aromatic rings. The number of hydrogen-bond donors (Lipinski definition) is 2. The van der Waals surface area contributed by atoms with Crippen molar-refractivity contribution in [3.05, 3.63) is 95.6 Å². The van der Waals surface area contributed by atoms with Gasteiger partial charge in [0.05, 0.1) is 13.2 Å². The van der Waals surface area contributed by atoms with Crippen molar-refractivity contribution in [2.75, 3.05) is 13.2 Å². The minimum absolute atomic E-state index is 0.00221. The number of rotatable bonds is 8. The van der Waals surface area contributed by atoms with Gasteiger partial charge in [-0.05, 0) is 27.8 Å². The largest absolute Gasteiger partial charge is 0.479 e. The zero-order chi connectivity index (χ0) is 21.8. The third kappa shape index (κ3) is 4.08. The van der Waals surface area contributed by atoms with Gasteiger partial charge in [-0.3, -0.25) is 0 Å². The number of fused-ring (bicyclic) bond motifs is 3. The van der Waals surface area contributed by atoms with Crippen molar-refractivity contribution in [1.29, 1.82) is 0 Å². The smallest absolute Gasteiger partial charge is 0.340 e. The summed E-state index contributed by atoms with van der Waals surface area (Å²) in [4.78, 5) is 24.5. The van der Waals surface area contributed by atoms with E-state index < -0.39 is 24.1 Å². The van der Waals surface area contributed by atoms with Gasteiger partial charge in [0.2, 0.25) is 5.54 Å². The molecule has 1 aliphatic carbocycles. The fraction of sp³-hybridized carbons (Fsp3) is 0.200. The van der Waals surface area contributed by atoms with Gasteiger partial charge in [-0.1, -0.05) is 78.9 Å². The SMILES string of the molecule is NC(COCc1ccccc1)(C(=O)O)C(=O)OCC1c2ccccc2-c2ccccc21. The fourth-order valence-corrected chi connectivity index (χ4v) is 3.84. The molecule has 0 aliphatic heterocycles. The molecule has 1 unspecified atom stereocenters. The Labute approximate surface area is 180 Å². The highest BCUT2D eigenvalue weighted by atomic mass is 16.5. The number of nitrogens with two attached hydrogens (primary N) is 1. The van der Waals surface area contributed by atoms with Crippen molar-refractivity contribution in [3.63, 3.8) is 0 Å². The summed E-state index contributed by atoms with van der Waals surface area (Å²) in [5, 5.41) is 9.60. The topological polar surface area (TPSA) is 98.9 Å². The maximum Gasteiger partial charge on any atom is 0.340 e. The highest BCUT2D eigenvalue weighted by Gasteiger charge is 2.45. The Balaban J connectivity index is 1.45. The van der Waals surface area contributed by atoms with Gasteiger partial charge in [0, 0.05) is 5.92 Å². The summed E-state index contributed by atoms with van der Waals surface area (Å²) in [6.07, 6.45) is 0. The molecule has 0 aromatic heterocycles. The highest BCUT2D eigenvalue weighted by Crippen LogP contribution is 2.44. The highest BCUT2D eigenvalue weighted by molar-refractivity contribution is 6.04. The van der Waals surface area contributed by atoms with Crippen molar-refractivity contribution >= 4 is 11.9 Å². The van der Waals surface area contributed by atoms with Crippen LogP contribution in [0.5, 0.6) is 0 Å². The molecule has 0 bridgehead atoms. The van der Waals surface area contributed by atoms with Crippen LogP contribution in [0.1, 0.15) is 22.6 Å². The second-order valence-corrected chi connectivity index (χ2v) is 7.58. The quantitative estimate of drug-likeness (QED) is 0.431. The van der Waals surface area contributed by atoms with Gasteiger partial charge in [-0.2, -0.15) is 0 Å². The van der Waals surface area contributed by atoms with E-state index >= 15 is 0 Å². The summed E-state index contributed by atoms with van der Waals surface area (Å²) < 4.78 is 10.9. The van der Waals surface area contributed by atoms with E-state index in [0.29, 0.717) is 0 Å². The minimum Gasteiger partial charge on any atom is -0.479 e. The first-order valence-electron chi connectivity index (χ1n) is 10.00. The van der Waals surface area contributed by atoms with E-state index in [2.05, 4.69) is 0 Å². The van der Waals surface area contributed by atoms with E-state index in [4.69, 9.17) is 15.2 Å². The summed E-state index contributed by atoms with van der Waals surface area (Å²) in [5.41, 5.74) is 8.73. The lowest BCUT2D eigenvalue weighted by atomic mass is 9.97. The molecule has 0 spiro atoms. The predicted molar refractivity (Wildman–Crippen MR) is 115 cm³/mol. The van der Waals surface area contributed by atoms with Crippen LogP contribution in [0.2, 0.25) is 0 Å². The van der Waals surface area contributed by atoms with Crippen LogP contribution in [-0.4, -0.2) is 35.8 Å². The third-order valence-corrected chi connectivity index (χ3v) is 5.53. The normalized spacial score (nSPS) is 14.4. The Hall–Kier alpha value is -3.48. The Morgan fingerprint density at radius 3 is 2.00 bits per heavy atom. The van der Waals surface area contributed by atoms with Crippen molar-refractivity contribution in [1.82, 2.24) is 0 Å². The van der Waals surface area contributed by atoms with E-state index in [1.165, 1.54) is 0 Å². The molecular formula is C25H23NO5. The van der Waals surface area contributed by atoms with E-state index in [-0.39, 0.29) is 19.1 Å². The molecule has 3 aromatic carbocycles. The number of ether oxygens (including phenoxy) is 2. The first-order chi connectivity index (χ1) is 15.0. The van der Waals surface area contributed by atoms with Crippen LogP contribution in [0.4, 0.5) is 0 Å². The Morgan fingerprint density at radius 2 is 1.42 bits per heavy atom. The number of benzene rings is 3. The van der Waals surface area contributed by atoms with Crippen molar-refractivity contribution in [2.45, 2.75) is 18.1 Å². The van der Waals surface area contributed by atoms with Gasteiger partial charge in [0.25, 0.3) is 0 Å². The fourth-order valence-electron chi connectivity index (χ4n) is 3.84. The Morgan fingerprint density at radius 1 is 0.871 bits per heavy atom. The second-order valence-electron chi connectivity index (χ2n) is 7.58. The Kier molecular flexibility index (Phi) is 5.84. The summed E-state index contributed by atoms with van der Waals surface area (Å²) in [5.74, 6) is -2.69. The lowest BCUT2D eigenvalue weighted by molar-refractivity contribution is -0.164. The molecule has 158 valence electrons. The van der Waals surface area contributed by atoms with Gasteiger partial charge in [0.1, 0.15) is 6.61 Å². The molecule has 1 atom stereocenters. The summed E-state index contributed by atoms with van der Waals surface area (Å²) in [6, 6.07) is 25.1. The van der Waals surface area contributed by atoms with Gasteiger partial charge >= 0.3 is 11.9 Å². The predicted octanol–water partition coefficient (Wildman–Crippen LogP) is 3.34. The summed E-state index contributed by atoms with van der Waals surface area (Å²) in [7, 11) is 0. The molecule has 0 fully saturated rings. The average Bonchev–Trinajstić information content (AvgIpc) is 3.11. The number of carboxylic acids is 1. The van der Waals surface area contributed by atoms with Gasteiger partial charge in [-0.25, -0.2) is 9.59 Å². The molecule has 0 radical (unpaired) electrons. The zero-order valence-electron chi connectivity index (χ0n) is 16.9. The molecule has 6 nitrogen and oxygen atoms in total. The molecule has 1 aliphatic rings. The number of aliphatic carboxylic acids is 1. The van der Waals surface area contributed by atoms with Crippen LogP contribution in [0, 0.1) is 0 Å². The standard InChI is InChI=1S/C25H23NO5/c26-25(23(27)28,16-30-14-17-8-2-1-3-9-17)24(29)31-15-22-20-12-6-4-10-18(20)19-11-5-7-13-21(19)22/h1-13,22H,14-16,26H2,(H,27,28). The number of esters is 1. The summed E-state index contributed by atoms with van der Waals surface area (Å²) >= 11 is 0. The first kappa shape index (κ1) is 20.8. The monoisotopic (exact) mass is 417 g/mol. The number of carboxylic acid groups (broad SMARTS) is 1. The van der Waals surface area contributed by atoms with Gasteiger partial charge in [-0.15, -0.1) is 0 Å². The molecule has 0 saturated heterocycles. The van der Waals surface area contributed by atoms with E-state index in [9.17, 15) is 14.7 Å². The first-order valence-corrected chi connectivity index (χ1v) is 10.00. The lowest BCUT2D eigenvalue weighted by Crippen LogP contribution is -2.59. The molecule has 3 N–H and O–H groups in total. The van der Waals surface area contributed by atoms with Gasteiger partial charge < -0.3 is 20.3 Å². The molecule has 6 heteroatoms. The molecule has 0 saturated carbocycles. The molecular weight excluding hydrogens is 394 g/mol. The van der Waals surface area contributed by atoms with Crippen LogP contribution in [0.3, 0.4) is 0 Å². The van der Waals surface area contributed by atoms with Crippen LogP contribution in [0.25, 0.3) is 11.1 Å². The zero-order valence-corrected chi connectivity index (χ0v) is 16.9.